The third-order valence-electron chi connectivity index (χ3n) is 3.61. The van der Waals surface area contributed by atoms with Gasteiger partial charge in [0, 0.05) is 32.7 Å². The van der Waals surface area contributed by atoms with Crippen molar-refractivity contribution in [1.29, 1.82) is 0 Å². The molecule has 0 heterocycles. The Hall–Kier alpha value is -0.336. The molecule has 18 heavy (non-hydrogen) atoms. The molecule has 2 nitrogen and oxygen atoms in total. The van der Waals surface area contributed by atoms with Crippen molar-refractivity contribution in [3.05, 3.63) is 48.2 Å². The van der Waals surface area contributed by atoms with E-state index in [9.17, 15) is 4.79 Å². The summed E-state index contributed by atoms with van der Waals surface area (Å²) in [4.78, 5) is 10.9. The number of aliphatic carboxylic acids is 1. The summed E-state index contributed by atoms with van der Waals surface area (Å²) in [7, 11) is 0. The van der Waals surface area contributed by atoms with Crippen molar-refractivity contribution in [2.75, 3.05) is 0 Å². The molecule has 95 valence electrons. The van der Waals surface area contributed by atoms with Gasteiger partial charge in [-0.3, -0.25) is 4.79 Å². The van der Waals surface area contributed by atoms with Crippen LogP contribution in [0.4, 0.5) is 0 Å². The first-order chi connectivity index (χ1) is 8.22. The summed E-state index contributed by atoms with van der Waals surface area (Å²) in [6, 6.07) is 8.33. The summed E-state index contributed by atoms with van der Waals surface area (Å²) in [5, 5.41) is 8.98. The summed E-state index contributed by atoms with van der Waals surface area (Å²) < 4.78 is 0. The Kier molecular flexibility index (Phi) is 6.38. The average molecular weight is 319 g/mol. The van der Waals surface area contributed by atoms with Gasteiger partial charge in [0.2, 0.25) is 0 Å². The molecule has 1 fully saturated rings. The molecule has 0 bridgehead atoms. The van der Waals surface area contributed by atoms with Crippen LogP contribution in [0.15, 0.2) is 24.3 Å². The van der Waals surface area contributed by atoms with Gasteiger partial charge in [-0.05, 0) is 12.8 Å². The van der Waals surface area contributed by atoms with E-state index in [0.717, 1.165) is 32.1 Å². The number of rotatable bonds is 3. The summed E-state index contributed by atoms with van der Waals surface area (Å²) in [6.45, 7) is 3.95. The minimum Gasteiger partial charge on any atom is -0.481 e. The van der Waals surface area contributed by atoms with Crippen LogP contribution >= 0.6 is 0 Å². The Balaban J connectivity index is 0.00000162. The predicted octanol–water partition coefficient (Wildman–Crippen LogP) is 3.26. The van der Waals surface area contributed by atoms with Gasteiger partial charge in [-0.1, -0.05) is 18.9 Å². The van der Waals surface area contributed by atoms with Crippen molar-refractivity contribution in [2.24, 2.45) is 5.92 Å². The van der Waals surface area contributed by atoms with E-state index in [1.807, 2.05) is 12.1 Å². The molecular weight excluding hydrogens is 301 g/mol. The zero-order chi connectivity index (χ0) is 12.3. The summed E-state index contributed by atoms with van der Waals surface area (Å²) in [5.74, 6) is 0.613. The Morgan fingerprint density at radius 3 is 2.50 bits per heavy atom. The maximum atomic E-state index is 10.9. The molecule has 1 radical (unpaired) electrons. The Morgan fingerprint density at radius 1 is 1.33 bits per heavy atom. The van der Waals surface area contributed by atoms with Gasteiger partial charge in [0.05, 0.1) is 5.92 Å². The average Bonchev–Trinajstić information content (AvgIpc) is 2.39. The largest absolute Gasteiger partial charge is 0.481 e. The minimum atomic E-state index is -0.644. The van der Waals surface area contributed by atoms with E-state index in [4.69, 9.17) is 5.11 Å². The smallest absolute Gasteiger partial charge is 0.306 e. The first-order valence-corrected chi connectivity index (χ1v) is 6.17. The fraction of sp³-hybridized carbons (Fsp3) is 0.400. The van der Waals surface area contributed by atoms with Crippen molar-refractivity contribution in [3.63, 3.8) is 0 Å². The third-order valence-corrected chi connectivity index (χ3v) is 3.61. The summed E-state index contributed by atoms with van der Waals surface area (Å²) >= 11 is 0. The summed E-state index contributed by atoms with van der Waals surface area (Å²) in [5.41, 5.74) is 2.57. The van der Waals surface area contributed by atoms with Crippen LogP contribution in [0.3, 0.4) is 0 Å². The monoisotopic (exact) mass is 319 g/mol. The van der Waals surface area contributed by atoms with Crippen molar-refractivity contribution < 1.29 is 42.6 Å². The molecule has 0 aromatic heterocycles. The van der Waals surface area contributed by atoms with E-state index >= 15 is 0 Å². The summed E-state index contributed by atoms with van der Waals surface area (Å²) in [6.07, 6.45) is 4.16. The van der Waals surface area contributed by atoms with Crippen LogP contribution in [0.25, 0.3) is 0 Å². The molecule has 0 spiro atoms. The van der Waals surface area contributed by atoms with Crippen molar-refractivity contribution in [3.8, 4) is 0 Å². The van der Waals surface area contributed by atoms with Crippen LogP contribution in [-0.4, -0.2) is 11.1 Å². The Bertz CT molecular complexity index is 395. The van der Waals surface area contributed by atoms with Gasteiger partial charge in [-0.2, -0.15) is 23.1 Å². The Labute approximate surface area is 134 Å². The molecule has 1 saturated carbocycles. The van der Waals surface area contributed by atoms with E-state index in [0.29, 0.717) is 0 Å². The molecule has 3 heteroatoms. The second-order valence-electron chi connectivity index (χ2n) is 4.62. The number of carbonyl (C=O) groups is 1. The van der Waals surface area contributed by atoms with E-state index in [-0.39, 0.29) is 38.6 Å². The maximum Gasteiger partial charge on any atom is 0.306 e. The van der Waals surface area contributed by atoms with Gasteiger partial charge < -0.3 is 12.0 Å². The molecule has 1 N–H and O–H groups in total. The van der Waals surface area contributed by atoms with E-state index in [2.05, 4.69) is 19.1 Å². The zero-order valence-corrected chi connectivity index (χ0v) is 13.4. The molecule has 0 saturated heterocycles. The molecule has 2 rings (SSSR count). The third kappa shape index (κ3) is 3.58. The quantitative estimate of drug-likeness (QED) is 0.868. The van der Waals surface area contributed by atoms with Crippen LogP contribution in [0, 0.1) is 18.8 Å². The van der Waals surface area contributed by atoms with E-state index in [1.165, 1.54) is 17.0 Å². The first-order valence-electron chi connectivity index (χ1n) is 6.17. The van der Waals surface area contributed by atoms with Crippen LogP contribution in [0.2, 0.25) is 0 Å². The normalized spacial score (nSPS) is 16.2. The second-order valence-corrected chi connectivity index (χ2v) is 4.62. The van der Waals surface area contributed by atoms with Gasteiger partial charge in [0.25, 0.3) is 0 Å². The minimum absolute atomic E-state index is 0. The molecule has 1 aliphatic carbocycles. The van der Waals surface area contributed by atoms with E-state index in [1.54, 1.807) is 0 Å². The molecule has 0 unspecified atom stereocenters. The first kappa shape index (κ1) is 15.7. The zero-order valence-electron chi connectivity index (χ0n) is 10.6. The van der Waals surface area contributed by atoms with Crippen LogP contribution in [0.1, 0.15) is 36.8 Å². The predicted molar refractivity (Wildman–Crippen MR) is 67.4 cm³/mol. The Morgan fingerprint density at radius 2 is 1.94 bits per heavy atom. The van der Waals surface area contributed by atoms with Crippen LogP contribution in [0.5, 0.6) is 0 Å². The van der Waals surface area contributed by atoms with Gasteiger partial charge in [-0.15, -0.1) is 12.1 Å². The van der Waals surface area contributed by atoms with E-state index < -0.39 is 5.97 Å². The van der Waals surface area contributed by atoms with Crippen molar-refractivity contribution in [2.45, 2.75) is 32.1 Å². The topological polar surface area (TPSA) is 37.3 Å². The van der Waals surface area contributed by atoms with Crippen LogP contribution < -0.4 is 0 Å². The standard InChI is InChI=1S/C15H18O2.Y/c1-2-11-5-3-4-6-14(11)12-7-9-13(10-8-12)15(16)17;/h3-6,13H,1-2,7-10H2,(H,16,17);/q-2;. The van der Waals surface area contributed by atoms with Gasteiger partial charge in [0.1, 0.15) is 0 Å². The van der Waals surface area contributed by atoms with Crippen molar-refractivity contribution >= 4 is 5.97 Å². The number of carboxylic acids is 1. The molecule has 1 aromatic carbocycles. The van der Waals surface area contributed by atoms with Gasteiger partial charge >= 0.3 is 5.97 Å². The van der Waals surface area contributed by atoms with Gasteiger partial charge in [0.15, 0.2) is 0 Å². The number of carboxylic acid groups (broad SMARTS) is 1. The number of hydrogen-bond donors (Lipinski definition) is 1. The molecule has 0 amide bonds. The maximum absolute atomic E-state index is 10.9. The fourth-order valence-corrected chi connectivity index (χ4v) is 2.57. The SMILES string of the molecule is [CH2-]Cc1ccccc1[C-]1CCC(C(=O)O)CC1.[Y]. The number of benzene rings is 1. The molecule has 0 atom stereocenters. The number of hydrogen-bond acceptors (Lipinski definition) is 1. The molecular formula is C15H18O2Y-2. The van der Waals surface area contributed by atoms with Crippen molar-refractivity contribution in [1.82, 2.24) is 0 Å². The molecule has 0 aliphatic heterocycles. The fourth-order valence-electron chi connectivity index (χ4n) is 2.57. The second kappa shape index (κ2) is 7.30. The van der Waals surface area contributed by atoms with Gasteiger partial charge in [-0.25, -0.2) is 6.42 Å². The molecule has 1 aromatic rings. The van der Waals surface area contributed by atoms with Crippen LogP contribution in [-0.2, 0) is 43.9 Å². The molecule has 1 aliphatic rings.